The summed E-state index contributed by atoms with van der Waals surface area (Å²) in [5.74, 6) is -0.0603. The van der Waals surface area contributed by atoms with Crippen molar-refractivity contribution in [3.05, 3.63) is 29.8 Å². The minimum atomic E-state index is -0.108. The average Bonchev–Trinajstić information content (AvgIpc) is 2.22. The number of hydrogen-bond acceptors (Lipinski definition) is 3. The van der Waals surface area contributed by atoms with Gasteiger partial charge in [0, 0.05) is 19.6 Å². The van der Waals surface area contributed by atoms with Gasteiger partial charge in [-0.15, -0.1) is 0 Å². The number of likely N-dealkylation sites (tertiary alicyclic amines) is 1. The van der Waals surface area contributed by atoms with E-state index in [4.69, 9.17) is 7.85 Å². The number of esters is 1. The second-order valence-electron chi connectivity index (χ2n) is 4.16. The monoisotopic (exact) mass is 215 g/mol. The minimum absolute atomic E-state index is 0.0473. The van der Waals surface area contributed by atoms with Crippen LogP contribution >= 0.6 is 0 Å². The number of carbonyl (C=O) groups is 1. The molecule has 0 N–H and O–H groups in total. The van der Waals surface area contributed by atoms with E-state index in [1.807, 2.05) is 24.3 Å². The van der Waals surface area contributed by atoms with Gasteiger partial charge in [0.1, 0.15) is 7.85 Å². The molecule has 1 aliphatic heterocycles. The average molecular weight is 215 g/mol. The van der Waals surface area contributed by atoms with Gasteiger partial charge in [-0.25, -0.2) is 0 Å². The van der Waals surface area contributed by atoms with Crippen LogP contribution in [-0.4, -0.2) is 38.9 Å². The van der Waals surface area contributed by atoms with Gasteiger partial charge in [0.2, 0.25) is 0 Å². The van der Waals surface area contributed by atoms with E-state index in [0.29, 0.717) is 0 Å². The first-order chi connectivity index (χ1) is 7.69. The molecular formula is C12H14BNO2. The van der Waals surface area contributed by atoms with Gasteiger partial charge >= 0.3 is 5.97 Å². The highest BCUT2D eigenvalue weighted by Gasteiger charge is 2.32. The lowest BCUT2D eigenvalue weighted by Gasteiger charge is -2.37. The molecule has 0 atom stereocenters. The van der Waals surface area contributed by atoms with E-state index in [-0.39, 0.29) is 11.9 Å². The van der Waals surface area contributed by atoms with E-state index in [1.54, 1.807) is 0 Å². The van der Waals surface area contributed by atoms with Crippen molar-refractivity contribution in [2.24, 2.45) is 5.92 Å². The Bertz CT molecular complexity index is 388. The topological polar surface area (TPSA) is 29.5 Å². The van der Waals surface area contributed by atoms with E-state index in [9.17, 15) is 4.79 Å². The molecule has 3 nitrogen and oxygen atoms in total. The van der Waals surface area contributed by atoms with E-state index in [2.05, 4.69) is 9.64 Å². The minimum Gasteiger partial charge on any atom is -0.469 e. The van der Waals surface area contributed by atoms with Crippen LogP contribution in [0.25, 0.3) is 0 Å². The number of carbonyl (C=O) groups excluding carboxylic acids is 1. The van der Waals surface area contributed by atoms with Crippen molar-refractivity contribution < 1.29 is 9.53 Å². The molecule has 2 radical (unpaired) electrons. The van der Waals surface area contributed by atoms with Crippen LogP contribution in [0, 0.1) is 5.92 Å². The summed E-state index contributed by atoms with van der Waals surface area (Å²) in [4.78, 5) is 13.4. The molecule has 1 aromatic rings. The van der Waals surface area contributed by atoms with Crippen LogP contribution in [0.4, 0.5) is 0 Å². The van der Waals surface area contributed by atoms with Crippen molar-refractivity contribution in [3.63, 3.8) is 0 Å². The van der Waals surface area contributed by atoms with Crippen molar-refractivity contribution in [2.75, 3.05) is 20.2 Å². The van der Waals surface area contributed by atoms with Gasteiger partial charge in [0.25, 0.3) is 0 Å². The summed E-state index contributed by atoms with van der Waals surface area (Å²) in [5.41, 5.74) is 1.96. The summed E-state index contributed by atoms with van der Waals surface area (Å²) in [6, 6.07) is 7.83. The number of ether oxygens (including phenoxy) is 1. The molecule has 16 heavy (non-hydrogen) atoms. The molecule has 0 spiro atoms. The molecule has 82 valence electrons. The fraction of sp³-hybridized carbons (Fsp3) is 0.417. The third kappa shape index (κ3) is 2.45. The van der Waals surface area contributed by atoms with Gasteiger partial charge in [-0.05, 0) is 5.56 Å². The zero-order valence-corrected chi connectivity index (χ0v) is 9.35. The van der Waals surface area contributed by atoms with Crippen LogP contribution < -0.4 is 5.46 Å². The molecule has 1 aliphatic rings. The lowest BCUT2D eigenvalue weighted by atomic mass is 9.93. The van der Waals surface area contributed by atoms with Crippen LogP contribution in [-0.2, 0) is 16.1 Å². The van der Waals surface area contributed by atoms with Gasteiger partial charge in [-0.1, -0.05) is 29.7 Å². The number of benzene rings is 1. The molecule has 0 amide bonds. The van der Waals surface area contributed by atoms with Crippen molar-refractivity contribution in [2.45, 2.75) is 6.54 Å². The highest BCUT2D eigenvalue weighted by Crippen LogP contribution is 2.19. The van der Waals surface area contributed by atoms with Crippen LogP contribution in [0.1, 0.15) is 5.56 Å². The predicted octanol–water partition coefficient (Wildman–Crippen LogP) is 0.0852. The second kappa shape index (κ2) is 4.70. The summed E-state index contributed by atoms with van der Waals surface area (Å²) < 4.78 is 4.69. The van der Waals surface area contributed by atoms with Crippen LogP contribution in [0.2, 0.25) is 0 Å². The van der Waals surface area contributed by atoms with Gasteiger partial charge in [0.05, 0.1) is 13.0 Å². The maximum atomic E-state index is 11.2. The van der Waals surface area contributed by atoms with Crippen LogP contribution in [0.5, 0.6) is 0 Å². The Morgan fingerprint density at radius 1 is 1.56 bits per heavy atom. The van der Waals surface area contributed by atoms with Gasteiger partial charge in [-0.2, -0.15) is 0 Å². The van der Waals surface area contributed by atoms with E-state index >= 15 is 0 Å². The molecule has 1 aromatic carbocycles. The smallest absolute Gasteiger partial charge is 0.311 e. The Kier molecular flexibility index (Phi) is 3.29. The Morgan fingerprint density at radius 2 is 2.31 bits per heavy atom. The molecule has 0 unspecified atom stereocenters. The Hall–Kier alpha value is -1.29. The lowest BCUT2D eigenvalue weighted by Crippen LogP contribution is -2.50. The maximum Gasteiger partial charge on any atom is 0.311 e. The first-order valence-electron chi connectivity index (χ1n) is 5.33. The van der Waals surface area contributed by atoms with Crippen molar-refractivity contribution >= 4 is 19.3 Å². The third-order valence-corrected chi connectivity index (χ3v) is 2.85. The van der Waals surface area contributed by atoms with Gasteiger partial charge in [-0.3, -0.25) is 9.69 Å². The fourth-order valence-corrected chi connectivity index (χ4v) is 1.96. The summed E-state index contributed by atoms with van der Waals surface area (Å²) in [6.07, 6.45) is 0. The highest BCUT2D eigenvalue weighted by atomic mass is 16.5. The van der Waals surface area contributed by atoms with E-state index < -0.39 is 0 Å². The molecule has 0 aliphatic carbocycles. The summed E-state index contributed by atoms with van der Waals surface area (Å²) in [6.45, 7) is 2.40. The Morgan fingerprint density at radius 3 is 2.94 bits per heavy atom. The Balaban J connectivity index is 1.84. The maximum absolute atomic E-state index is 11.2. The SMILES string of the molecule is [B]c1cccc(CN2CC(C(=O)OC)C2)c1. The predicted molar refractivity (Wildman–Crippen MR) is 62.6 cm³/mol. The molecular weight excluding hydrogens is 201 g/mol. The van der Waals surface area contributed by atoms with E-state index in [0.717, 1.165) is 25.1 Å². The normalized spacial score (nSPS) is 16.8. The molecule has 0 saturated carbocycles. The largest absolute Gasteiger partial charge is 0.469 e. The van der Waals surface area contributed by atoms with Gasteiger partial charge < -0.3 is 4.74 Å². The molecule has 0 bridgehead atoms. The molecule has 1 heterocycles. The van der Waals surface area contributed by atoms with Crippen molar-refractivity contribution in [1.82, 2.24) is 4.90 Å². The molecule has 4 heteroatoms. The van der Waals surface area contributed by atoms with Crippen molar-refractivity contribution in [1.29, 1.82) is 0 Å². The Labute approximate surface area is 96.8 Å². The number of rotatable bonds is 3. The van der Waals surface area contributed by atoms with Crippen LogP contribution in [0.3, 0.4) is 0 Å². The quantitative estimate of drug-likeness (QED) is 0.528. The summed E-state index contributed by atoms with van der Waals surface area (Å²) in [7, 11) is 7.13. The molecule has 2 rings (SSSR count). The molecule has 1 saturated heterocycles. The number of nitrogens with zero attached hydrogens (tertiary/aromatic N) is 1. The third-order valence-electron chi connectivity index (χ3n) is 2.85. The molecule has 0 aromatic heterocycles. The van der Waals surface area contributed by atoms with Gasteiger partial charge in [0.15, 0.2) is 0 Å². The standard InChI is InChI=1S/C12H14BNO2/c1-16-12(15)10-7-14(8-10)6-9-3-2-4-11(13)5-9/h2-5,10H,6-8H2,1H3. The highest BCUT2D eigenvalue weighted by molar-refractivity contribution is 6.32. The first-order valence-corrected chi connectivity index (χ1v) is 5.33. The lowest BCUT2D eigenvalue weighted by molar-refractivity contribution is -0.151. The van der Waals surface area contributed by atoms with Crippen molar-refractivity contribution in [3.8, 4) is 0 Å². The second-order valence-corrected chi connectivity index (χ2v) is 4.16. The molecule has 1 fully saturated rings. The van der Waals surface area contributed by atoms with E-state index in [1.165, 1.54) is 12.7 Å². The zero-order valence-electron chi connectivity index (χ0n) is 9.35. The fourth-order valence-electron chi connectivity index (χ4n) is 1.96. The number of methoxy groups -OCH3 is 1. The zero-order chi connectivity index (χ0) is 11.5. The summed E-state index contributed by atoms with van der Waals surface area (Å²) >= 11 is 0. The number of hydrogen-bond donors (Lipinski definition) is 0. The first kappa shape index (κ1) is 11.2. The van der Waals surface area contributed by atoms with Crippen LogP contribution in [0.15, 0.2) is 24.3 Å². The summed E-state index contributed by atoms with van der Waals surface area (Å²) in [5, 5.41) is 0.